The molecular formula is C10H16N2O. The molecule has 0 unspecified atom stereocenters. The first-order chi connectivity index (χ1) is 6.31. The topological polar surface area (TPSA) is 36.3 Å². The van der Waals surface area contributed by atoms with Gasteiger partial charge in [-0.3, -0.25) is 4.90 Å². The minimum Gasteiger partial charge on any atom is -0.378 e. The maximum Gasteiger partial charge on any atom is 0.0624 e. The molecule has 0 aromatic heterocycles. The van der Waals surface area contributed by atoms with E-state index in [1.165, 1.54) is 0 Å². The van der Waals surface area contributed by atoms with E-state index in [0.29, 0.717) is 18.0 Å². The summed E-state index contributed by atoms with van der Waals surface area (Å²) in [4.78, 5) is 2.43. The summed E-state index contributed by atoms with van der Waals surface area (Å²) >= 11 is 0. The monoisotopic (exact) mass is 180 g/mol. The van der Waals surface area contributed by atoms with Crippen LogP contribution in [0.3, 0.4) is 0 Å². The van der Waals surface area contributed by atoms with Crippen LogP contribution in [0.25, 0.3) is 0 Å². The molecule has 13 heavy (non-hydrogen) atoms. The number of nitriles is 1. The highest BCUT2D eigenvalue weighted by atomic mass is 16.5. The number of piperidine rings is 1. The standard InChI is InChI=1S/C10H16N2O/c1-12-9-4-8(2-3-11)5-10(12)7-13-6-9/h8-10H,2,4-7H2,1H3/t8-,9+,10-. The van der Waals surface area contributed by atoms with Crippen molar-refractivity contribution in [2.75, 3.05) is 20.3 Å². The fourth-order valence-corrected chi connectivity index (χ4v) is 2.50. The molecular weight excluding hydrogens is 164 g/mol. The third-order valence-corrected chi connectivity index (χ3v) is 3.36. The average Bonchev–Trinajstić information content (AvgIpc) is 2.07. The zero-order chi connectivity index (χ0) is 9.26. The van der Waals surface area contributed by atoms with E-state index in [9.17, 15) is 0 Å². The fourth-order valence-electron chi connectivity index (χ4n) is 2.50. The zero-order valence-electron chi connectivity index (χ0n) is 8.07. The Hall–Kier alpha value is -0.590. The second kappa shape index (κ2) is 3.65. The van der Waals surface area contributed by atoms with E-state index in [1.807, 2.05) is 0 Å². The molecule has 0 aliphatic carbocycles. The van der Waals surface area contributed by atoms with Crippen LogP contribution in [0.5, 0.6) is 0 Å². The summed E-state index contributed by atoms with van der Waals surface area (Å²) in [6.45, 7) is 1.71. The van der Waals surface area contributed by atoms with Gasteiger partial charge in [0.15, 0.2) is 0 Å². The van der Waals surface area contributed by atoms with Crippen molar-refractivity contribution in [3.63, 3.8) is 0 Å². The lowest BCUT2D eigenvalue weighted by atomic mass is 9.84. The Morgan fingerprint density at radius 1 is 1.38 bits per heavy atom. The van der Waals surface area contributed by atoms with Gasteiger partial charge >= 0.3 is 0 Å². The van der Waals surface area contributed by atoms with Gasteiger partial charge in [-0.05, 0) is 25.8 Å². The second-order valence-corrected chi connectivity index (χ2v) is 4.21. The first-order valence-electron chi connectivity index (χ1n) is 4.98. The van der Waals surface area contributed by atoms with E-state index in [4.69, 9.17) is 10.00 Å². The predicted octanol–water partition coefficient (Wildman–Crippen LogP) is 1.01. The molecule has 0 radical (unpaired) electrons. The highest BCUT2D eigenvalue weighted by Crippen LogP contribution is 2.31. The van der Waals surface area contributed by atoms with Crippen molar-refractivity contribution in [2.24, 2.45) is 5.92 Å². The number of likely N-dealkylation sites (N-methyl/N-ethyl adjacent to an activating group) is 1. The molecule has 0 aromatic carbocycles. The lowest BCUT2D eigenvalue weighted by Gasteiger charge is -2.46. The van der Waals surface area contributed by atoms with Crippen LogP contribution in [0.4, 0.5) is 0 Å². The van der Waals surface area contributed by atoms with E-state index in [2.05, 4.69) is 18.0 Å². The van der Waals surface area contributed by atoms with Crippen LogP contribution in [-0.2, 0) is 4.74 Å². The van der Waals surface area contributed by atoms with Gasteiger partial charge in [-0.2, -0.15) is 5.26 Å². The van der Waals surface area contributed by atoms with E-state index in [1.54, 1.807) is 0 Å². The SMILES string of the molecule is CN1[C@@H]2COC[C@H]1C[C@H](CC#N)C2. The van der Waals surface area contributed by atoms with Crippen LogP contribution >= 0.6 is 0 Å². The van der Waals surface area contributed by atoms with E-state index >= 15 is 0 Å². The minimum atomic E-state index is 0.561. The van der Waals surface area contributed by atoms with Crippen LogP contribution < -0.4 is 0 Å². The minimum absolute atomic E-state index is 0.561. The molecule has 0 amide bonds. The molecule has 2 fully saturated rings. The fraction of sp³-hybridized carbons (Fsp3) is 0.900. The summed E-state index contributed by atoms with van der Waals surface area (Å²) in [5.74, 6) is 0.611. The molecule has 3 heteroatoms. The van der Waals surface area contributed by atoms with Crippen molar-refractivity contribution < 1.29 is 4.74 Å². The van der Waals surface area contributed by atoms with Gasteiger partial charge in [-0.1, -0.05) is 0 Å². The molecule has 2 bridgehead atoms. The van der Waals surface area contributed by atoms with Gasteiger partial charge in [-0.25, -0.2) is 0 Å². The summed E-state index contributed by atoms with van der Waals surface area (Å²) in [5, 5.41) is 8.65. The van der Waals surface area contributed by atoms with Gasteiger partial charge in [0.1, 0.15) is 0 Å². The Morgan fingerprint density at radius 2 is 2.00 bits per heavy atom. The van der Waals surface area contributed by atoms with Gasteiger partial charge in [-0.15, -0.1) is 0 Å². The van der Waals surface area contributed by atoms with Crippen LogP contribution in [0, 0.1) is 17.2 Å². The Morgan fingerprint density at radius 3 is 2.54 bits per heavy atom. The van der Waals surface area contributed by atoms with Crippen molar-refractivity contribution in [3.05, 3.63) is 0 Å². The number of hydrogen-bond acceptors (Lipinski definition) is 3. The van der Waals surface area contributed by atoms with E-state index in [-0.39, 0.29) is 0 Å². The third kappa shape index (κ3) is 1.70. The van der Waals surface area contributed by atoms with Crippen molar-refractivity contribution in [1.82, 2.24) is 4.90 Å². The first-order valence-corrected chi connectivity index (χ1v) is 4.98. The van der Waals surface area contributed by atoms with Crippen LogP contribution in [0.15, 0.2) is 0 Å². The van der Waals surface area contributed by atoms with Crippen LogP contribution in [0.1, 0.15) is 19.3 Å². The molecule has 0 N–H and O–H groups in total. The molecule has 2 saturated heterocycles. The largest absolute Gasteiger partial charge is 0.378 e. The molecule has 0 saturated carbocycles. The first kappa shape index (κ1) is 8.98. The third-order valence-electron chi connectivity index (χ3n) is 3.36. The number of hydrogen-bond donors (Lipinski definition) is 0. The number of nitrogens with zero attached hydrogens (tertiary/aromatic N) is 2. The predicted molar refractivity (Wildman–Crippen MR) is 49.1 cm³/mol. The summed E-state index contributed by atoms with van der Waals surface area (Å²) in [5.41, 5.74) is 0. The highest BCUT2D eigenvalue weighted by Gasteiger charge is 2.36. The molecule has 2 aliphatic heterocycles. The lowest BCUT2D eigenvalue weighted by molar-refractivity contribution is -0.0740. The molecule has 0 aromatic rings. The smallest absolute Gasteiger partial charge is 0.0624 e. The van der Waals surface area contributed by atoms with Crippen molar-refractivity contribution in [1.29, 1.82) is 5.26 Å². The molecule has 2 aliphatic rings. The van der Waals surface area contributed by atoms with E-state index < -0.39 is 0 Å². The van der Waals surface area contributed by atoms with Crippen molar-refractivity contribution in [3.8, 4) is 6.07 Å². The van der Waals surface area contributed by atoms with Gasteiger partial charge in [0.2, 0.25) is 0 Å². The Bertz CT molecular complexity index is 209. The molecule has 3 nitrogen and oxygen atoms in total. The van der Waals surface area contributed by atoms with E-state index in [0.717, 1.165) is 32.5 Å². The Kier molecular flexibility index (Phi) is 2.52. The normalized spacial score (nSPS) is 39.8. The van der Waals surface area contributed by atoms with Crippen molar-refractivity contribution in [2.45, 2.75) is 31.3 Å². The zero-order valence-corrected chi connectivity index (χ0v) is 8.07. The van der Waals surface area contributed by atoms with Gasteiger partial charge in [0.05, 0.1) is 19.3 Å². The van der Waals surface area contributed by atoms with Crippen molar-refractivity contribution >= 4 is 0 Å². The maximum absolute atomic E-state index is 8.65. The Balaban J connectivity index is 2.00. The molecule has 72 valence electrons. The van der Waals surface area contributed by atoms with Crippen LogP contribution in [0.2, 0.25) is 0 Å². The number of rotatable bonds is 1. The number of ether oxygens (including phenoxy) is 1. The molecule has 0 spiro atoms. The highest BCUT2D eigenvalue weighted by molar-refractivity contribution is 4.92. The number of morpholine rings is 1. The molecule has 2 rings (SSSR count). The lowest BCUT2D eigenvalue weighted by Crippen LogP contribution is -2.54. The maximum atomic E-state index is 8.65. The Labute approximate surface area is 79.3 Å². The summed E-state index contributed by atoms with van der Waals surface area (Å²) < 4.78 is 5.51. The summed E-state index contributed by atoms with van der Waals surface area (Å²) in [7, 11) is 2.18. The summed E-state index contributed by atoms with van der Waals surface area (Å²) in [6, 6.07) is 3.40. The average molecular weight is 180 g/mol. The van der Waals surface area contributed by atoms with Crippen LogP contribution in [-0.4, -0.2) is 37.2 Å². The van der Waals surface area contributed by atoms with Gasteiger partial charge < -0.3 is 4.74 Å². The van der Waals surface area contributed by atoms with Gasteiger partial charge in [0, 0.05) is 18.5 Å². The molecule has 2 heterocycles. The quantitative estimate of drug-likeness (QED) is 0.604. The second-order valence-electron chi connectivity index (χ2n) is 4.21. The summed E-state index contributed by atoms with van der Waals surface area (Å²) in [6.07, 6.45) is 3.00. The molecule has 3 atom stereocenters. The number of fused-ring (bicyclic) bond motifs is 2. The van der Waals surface area contributed by atoms with Gasteiger partial charge in [0.25, 0.3) is 0 Å².